The van der Waals surface area contributed by atoms with E-state index in [1.54, 1.807) is 11.8 Å². The second-order valence-electron chi connectivity index (χ2n) is 5.22. The number of carbonyl (C=O) groups is 1. The van der Waals surface area contributed by atoms with Gasteiger partial charge in [-0.25, -0.2) is 4.79 Å². The molecule has 0 aliphatic carbocycles. The van der Waals surface area contributed by atoms with Crippen molar-refractivity contribution in [1.82, 2.24) is 4.90 Å². The lowest BCUT2D eigenvalue weighted by atomic mass is 10.1. The number of benzene rings is 1. The molecule has 1 heterocycles. The van der Waals surface area contributed by atoms with Gasteiger partial charge in [-0.15, -0.1) is 0 Å². The molecule has 1 aliphatic rings. The molecule has 0 bridgehead atoms. The van der Waals surface area contributed by atoms with Gasteiger partial charge in [0.05, 0.1) is 17.5 Å². The van der Waals surface area contributed by atoms with Crippen LogP contribution < -0.4 is 10.6 Å². The molecule has 4 nitrogen and oxygen atoms in total. The third-order valence-corrected chi connectivity index (χ3v) is 3.56. The summed E-state index contributed by atoms with van der Waals surface area (Å²) in [6.45, 7) is 4.61. The van der Waals surface area contributed by atoms with E-state index in [4.69, 9.17) is 4.74 Å². The zero-order valence-corrected chi connectivity index (χ0v) is 13.1. The number of unbranched alkanes of at least 4 members (excludes halogenated alkanes) is 1. The maximum atomic E-state index is 13.0. The largest absolute Gasteiger partial charge is 0.461 e. The van der Waals surface area contributed by atoms with Crippen LogP contribution in [-0.4, -0.2) is 30.7 Å². The molecule has 1 aliphatic heterocycles. The summed E-state index contributed by atoms with van der Waals surface area (Å²) in [5.41, 5.74) is -0.637. The molecule has 2 rings (SSSR count). The van der Waals surface area contributed by atoms with Crippen LogP contribution in [0.2, 0.25) is 0 Å². The van der Waals surface area contributed by atoms with Gasteiger partial charge in [0.2, 0.25) is 0 Å². The molecule has 0 spiro atoms. The number of carbonyl (C=O) groups excluding carboxylic acids is 1. The minimum Gasteiger partial charge on any atom is -0.461 e. The van der Waals surface area contributed by atoms with Crippen LogP contribution in [0.1, 0.15) is 32.3 Å². The summed E-state index contributed by atoms with van der Waals surface area (Å²) < 4.78 is 43.9. The average molecular weight is 328 g/mol. The van der Waals surface area contributed by atoms with Crippen LogP contribution in [0.25, 0.3) is 5.70 Å². The van der Waals surface area contributed by atoms with E-state index in [9.17, 15) is 18.0 Å². The molecular weight excluding hydrogens is 309 g/mol. The average Bonchev–Trinajstić information content (AvgIpc) is 2.50. The maximum Gasteiger partial charge on any atom is 0.416 e. The molecule has 0 unspecified atom stereocenters. The highest BCUT2D eigenvalue weighted by atomic mass is 19.4. The van der Waals surface area contributed by atoms with Gasteiger partial charge in [0.25, 0.3) is 0 Å². The Hall–Kier alpha value is -2.05. The lowest BCUT2D eigenvalue weighted by molar-refractivity contribution is -0.139. The molecule has 1 aromatic carbocycles. The quantitative estimate of drug-likeness (QED) is 0.777. The van der Waals surface area contributed by atoms with Gasteiger partial charge in [0.15, 0.2) is 0 Å². The van der Waals surface area contributed by atoms with Crippen LogP contribution in [0.4, 0.5) is 13.2 Å². The third kappa shape index (κ3) is 3.83. The Labute approximate surface area is 132 Å². The number of rotatable bonds is 5. The first-order valence-electron chi connectivity index (χ1n) is 7.56. The smallest absolute Gasteiger partial charge is 0.416 e. The first-order valence-corrected chi connectivity index (χ1v) is 7.56. The highest BCUT2D eigenvalue weighted by molar-refractivity contribution is 6.08. The topological polar surface area (TPSA) is 41.9 Å². The fourth-order valence-corrected chi connectivity index (χ4v) is 2.41. The molecule has 23 heavy (non-hydrogen) atoms. The van der Waals surface area contributed by atoms with Crippen molar-refractivity contribution >= 4 is 11.7 Å². The van der Waals surface area contributed by atoms with Gasteiger partial charge in [-0.2, -0.15) is 13.2 Å². The van der Waals surface area contributed by atoms with Gasteiger partial charge >= 0.3 is 12.1 Å². The summed E-state index contributed by atoms with van der Waals surface area (Å²) in [5, 5.41) is 0.564. The molecule has 126 valence electrons. The van der Waals surface area contributed by atoms with E-state index in [2.05, 4.69) is 4.99 Å². The Morgan fingerprint density at radius 1 is 1.35 bits per heavy atom. The second-order valence-corrected chi connectivity index (χ2v) is 5.22. The summed E-state index contributed by atoms with van der Waals surface area (Å²) in [4.78, 5) is 18.2. The second kappa shape index (κ2) is 7.02. The fourth-order valence-electron chi connectivity index (χ4n) is 2.41. The van der Waals surface area contributed by atoms with Gasteiger partial charge in [-0.1, -0.05) is 13.3 Å². The molecule has 0 amide bonds. The van der Waals surface area contributed by atoms with Crippen LogP contribution in [0.3, 0.4) is 0 Å². The summed E-state index contributed by atoms with van der Waals surface area (Å²) in [6.07, 6.45) is -2.75. The predicted octanol–water partition coefficient (Wildman–Crippen LogP) is 2.07. The molecule has 1 aromatic rings. The highest BCUT2D eigenvalue weighted by Gasteiger charge is 2.31. The van der Waals surface area contributed by atoms with Crippen molar-refractivity contribution in [3.8, 4) is 0 Å². The van der Waals surface area contributed by atoms with E-state index in [-0.39, 0.29) is 24.2 Å². The number of ether oxygens (including phenoxy) is 1. The van der Waals surface area contributed by atoms with Crippen molar-refractivity contribution < 1.29 is 22.7 Å². The predicted molar refractivity (Wildman–Crippen MR) is 78.7 cm³/mol. The zero-order valence-electron chi connectivity index (χ0n) is 13.1. The van der Waals surface area contributed by atoms with E-state index in [1.807, 2.05) is 6.92 Å². The Balaban J connectivity index is 2.62. The van der Waals surface area contributed by atoms with E-state index in [0.717, 1.165) is 25.0 Å². The van der Waals surface area contributed by atoms with E-state index in [0.29, 0.717) is 11.9 Å². The van der Waals surface area contributed by atoms with Gasteiger partial charge in [-0.05, 0) is 31.5 Å². The van der Waals surface area contributed by atoms with E-state index >= 15 is 0 Å². The molecule has 0 fully saturated rings. The summed E-state index contributed by atoms with van der Waals surface area (Å²) >= 11 is 0. The molecule has 0 saturated heterocycles. The van der Waals surface area contributed by atoms with Gasteiger partial charge in [-0.3, -0.25) is 4.99 Å². The zero-order chi connectivity index (χ0) is 17.0. The normalized spacial score (nSPS) is 14.3. The number of fused-ring (bicyclic) bond motifs is 1. The summed E-state index contributed by atoms with van der Waals surface area (Å²) in [7, 11) is 0. The van der Waals surface area contributed by atoms with Crippen molar-refractivity contribution in [3.05, 3.63) is 34.3 Å². The molecule has 0 N–H and O–H groups in total. The third-order valence-electron chi connectivity index (χ3n) is 3.56. The lowest BCUT2D eigenvalue weighted by Gasteiger charge is -2.27. The SMILES string of the molecule is CCCCN1CN=c2ccc(C(F)(F)F)cc2=C1C(=O)OCC. The number of nitrogens with zero attached hydrogens (tertiary/aromatic N) is 2. The van der Waals surface area contributed by atoms with Crippen molar-refractivity contribution in [1.29, 1.82) is 0 Å². The first-order chi connectivity index (χ1) is 10.9. The molecule has 7 heteroatoms. The van der Waals surface area contributed by atoms with Crippen LogP contribution in [0, 0.1) is 0 Å². The van der Waals surface area contributed by atoms with Crippen LogP contribution in [0.5, 0.6) is 0 Å². The van der Waals surface area contributed by atoms with Gasteiger partial charge in [0, 0.05) is 11.8 Å². The Morgan fingerprint density at radius 3 is 2.70 bits per heavy atom. The minimum atomic E-state index is -4.47. The van der Waals surface area contributed by atoms with Crippen molar-refractivity contribution in [2.75, 3.05) is 19.8 Å². The maximum absolute atomic E-state index is 13.0. The van der Waals surface area contributed by atoms with Crippen molar-refractivity contribution in [2.24, 2.45) is 4.99 Å². The number of hydrogen-bond donors (Lipinski definition) is 0. The number of halogens is 3. The van der Waals surface area contributed by atoms with Crippen LogP contribution >= 0.6 is 0 Å². The monoisotopic (exact) mass is 328 g/mol. The first kappa shape index (κ1) is 17.3. The van der Waals surface area contributed by atoms with E-state index < -0.39 is 17.7 Å². The molecule has 0 saturated carbocycles. The standard InChI is InChI=1S/C16H19F3N2O2/c1-3-5-8-21-10-20-13-7-6-11(16(17,18)19)9-12(13)14(21)15(22)23-4-2/h6-7,9H,3-5,8,10H2,1-2H3. The van der Waals surface area contributed by atoms with Crippen molar-refractivity contribution in [3.63, 3.8) is 0 Å². The Bertz CT molecular complexity index is 698. The van der Waals surface area contributed by atoms with Crippen LogP contribution in [-0.2, 0) is 15.7 Å². The minimum absolute atomic E-state index is 0.162. The number of alkyl halides is 3. The van der Waals surface area contributed by atoms with Crippen LogP contribution in [0.15, 0.2) is 23.2 Å². The molecule has 0 aromatic heterocycles. The summed E-state index contributed by atoms with van der Waals surface area (Å²) in [6, 6.07) is 3.25. The van der Waals surface area contributed by atoms with E-state index in [1.165, 1.54) is 6.07 Å². The molecule has 0 radical (unpaired) electrons. The van der Waals surface area contributed by atoms with Gasteiger partial charge < -0.3 is 9.64 Å². The van der Waals surface area contributed by atoms with Gasteiger partial charge in [0.1, 0.15) is 12.4 Å². The van der Waals surface area contributed by atoms with Crippen molar-refractivity contribution in [2.45, 2.75) is 32.9 Å². The lowest BCUT2D eigenvalue weighted by Crippen LogP contribution is -2.44. The summed E-state index contributed by atoms with van der Waals surface area (Å²) in [5.74, 6) is -0.612. The molecule has 0 atom stereocenters. The number of hydrogen-bond acceptors (Lipinski definition) is 4. The fraction of sp³-hybridized carbons (Fsp3) is 0.500. The highest BCUT2D eigenvalue weighted by Crippen LogP contribution is 2.27. The Morgan fingerprint density at radius 2 is 2.09 bits per heavy atom. The molecular formula is C16H19F3N2O2. The number of esters is 1. The Kier molecular flexibility index (Phi) is 5.28.